The lowest BCUT2D eigenvalue weighted by atomic mass is 10.3. The van der Waals surface area contributed by atoms with Gasteiger partial charge in [0.15, 0.2) is 0 Å². The molecular formula is C8H14Cl2N4O2. The Bertz CT molecular complexity index is 339. The lowest BCUT2D eigenvalue weighted by molar-refractivity contribution is 0.0576. The summed E-state index contributed by atoms with van der Waals surface area (Å²) >= 11 is 0. The van der Waals surface area contributed by atoms with Gasteiger partial charge in [-0.15, -0.1) is 24.8 Å². The van der Waals surface area contributed by atoms with Crippen LogP contribution in [-0.4, -0.2) is 40.9 Å². The molecule has 1 aromatic rings. The van der Waals surface area contributed by atoms with E-state index in [0.717, 1.165) is 19.5 Å². The smallest absolute Gasteiger partial charge is 0.375 e. The molecule has 0 spiro atoms. The third-order valence-corrected chi connectivity index (χ3v) is 2.32. The standard InChI is InChI=1S/C8H12N4O2.2ClH/c1-14-8(13)7-10-5-11-12(7)6-2-3-9-4-6;;/h5-6,9H,2-4H2,1H3;2*1H. The number of nitrogens with one attached hydrogen (secondary N) is 1. The minimum absolute atomic E-state index is 0. The molecule has 0 radical (unpaired) electrons. The zero-order valence-corrected chi connectivity index (χ0v) is 10.4. The van der Waals surface area contributed by atoms with Crippen LogP contribution in [0.3, 0.4) is 0 Å². The number of hydrogen-bond acceptors (Lipinski definition) is 5. The molecule has 1 aliphatic rings. The molecule has 2 heterocycles. The Morgan fingerprint density at radius 3 is 2.94 bits per heavy atom. The number of nitrogens with zero attached hydrogens (tertiary/aromatic N) is 3. The van der Waals surface area contributed by atoms with Crippen molar-refractivity contribution in [1.82, 2.24) is 20.1 Å². The summed E-state index contributed by atoms with van der Waals surface area (Å²) in [6.07, 6.45) is 2.35. The highest BCUT2D eigenvalue weighted by molar-refractivity contribution is 5.86. The van der Waals surface area contributed by atoms with Crippen LogP contribution in [0.15, 0.2) is 6.33 Å². The topological polar surface area (TPSA) is 69.0 Å². The van der Waals surface area contributed by atoms with Crippen LogP contribution in [0.2, 0.25) is 0 Å². The molecule has 16 heavy (non-hydrogen) atoms. The molecule has 6 nitrogen and oxygen atoms in total. The van der Waals surface area contributed by atoms with Gasteiger partial charge in [0.2, 0.25) is 5.82 Å². The Balaban J connectivity index is 0.00000112. The molecule has 1 atom stereocenters. The Morgan fingerprint density at radius 1 is 1.62 bits per heavy atom. The van der Waals surface area contributed by atoms with Gasteiger partial charge in [0.25, 0.3) is 0 Å². The second-order valence-electron chi connectivity index (χ2n) is 3.17. The number of aromatic nitrogens is 3. The number of rotatable bonds is 2. The number of hydrogen-bond donors (Lipinski definition) is 1. The van der Waals surface area contributed by atoms with Gasteiger partial charge in [-0.3, -0.25) is 0 Å². The van der Waals surface area contributed by atoms with E-state index >= 15 is 0 Å². The van der Waals surface area contributed by atoms with Crippen LogP contribution in [0.25, 0.3) is 0 Å². The van der Waals surface area contributed by atoms with E-state index in [1.165, 1.54) is 13.4 Å². The molecule has 0 amide bonds. The number of carbonyl (C=O) groups excluding carboxylic acids is 1. The summed E-state index contributed by atoms with van der Waals surface area (Å²) in [5.74, 6) is -0.157. The first kappa shape index (κ1) is 15.2. The van der Waals surface area contributed by atoms with Crippen molar-refractivity contribution >= 4 is 30.8 Å². The fourth-order valence-electron chi connectivity index (χ4n) is 1.60. The van der Waals surface area contributed by atoms with Crippen molar-refractivity contribution in [3.05, 3.63) is 12.2 Å². The number of esters is 1. The second-order valence-corrected chi connectivity index (χ2v) is 3.17. The second kappa shape index (κ2) is 6.67. The van der Waals surface area contributed by atoms with Gasteiger partial charge < -0.3 is 10.1 Å². The van der Waals surface area contributed by atoms with Crippen LogP contribution in [0.1, 0.15) is 23.1 Å². The van der Waals surface area contributed by atoms with Crippen LogP contribution >= 0.6 is 24.8 Å². The monoisotopic (exact) mass is 268 g/mol. The predicted molar refractivity (Wildman–Crippen MR) is 62.4 cm³/mol. The van der Waals surface area contributed by atoms with Crippen molar-refractivity contribution in [1.29, 1.82) is 0 Å². The largest absolute Gasteiger partial charge is 0.463 e. The highest BCUT2D eigenvalue weighted by Crippen LogP contribution is 2.15. The van der Waals surface area contributed by atoms with Gasteiger partial charge in [0.1, 0.15) is 6.33 Å². The summed E-state index contributed by atoms with van der Waals surface area (Å²) in [5, 5.41) is 7.24. The van der Waals surface area contributed by atoms with Gasteiger partial charge in [0, 0.05) is 6.54 Å². The summed E-state index contributed by atoms with van der Waals surface area (Å²) in [6, 6.07) is 0.214. The molecular weight excluding hydrogens is 255 g/mol. The minimum Gasteiger partial charge on any atom is -0.463 e. The van der Waals surface area contributed by atoms with Crippen molar-refractivity contribution in [3.63, 3.8) is 0 Å². The molecule has 1 aliphatic heterocycles. The molecule has 2 rings (SSSR count). The highest BCUT2D eigenvalue weighted by Gasteiger charge is 2.23. The van der Waals surface area contributed by atoms with Crippen LogP contribution < -0.4 is 5.32 Å². The van der Waals surface area contributed by atoms with E-state index in [1.807, 2.05) is 0 Å². The maximum absolute atomic E-state index is 11.3. The van der Waals surface area contributed by atoms with Gasteiger partial charge >= 0.3 is 5.97 Å². The molecule has 1 N–H and O–H groups in total. The molecule has 8 heteroatoms. The van der Waals surface area contributed by atoms with Gasteiger partial charge in [-0.1, -0.05) is 0 Å². The first-order valence-electron chi connectivity index (χ1n) is 4.51. The zero-order valence-electron chi connectivity index (χ0n) is 8.75. The van der Waals surface area contributed by atoms with E-state index in [1.54, 1.807) is 4.68 Å². The van der Waals surface area contributed by atoms with Crippen molar-refractivity contribution in [2.45, 2.75) is 12.5 Å². The summed E-state index contributed by atoms with van der Waals surface area (Å²) in [4.78, 5) is 15.2. The van der Waals surface area contributed by atoms with E-state index in [9.17, 15) is 4.79 Å². The van der Waals surface area contributed by atoms with Crippen molar-refractivity contribution in [3.8, 4) is 0 Å². The van der Waals surface area contributed by atoms with Crippen LogP contribution in [0.4, 0.5) is 0 Å². The van der Waals surface area contributed by atoms with Crippen molar-refractivity contribution < 1.29 is 9.53 Å². The summed E-state index contributed by atoms with van der Waals surface area (Å²) in [7, 11) is 1.34. The van der Waals surface area contributed by atoms with Gasteiger partial charge in [-0.25, -0.2) is 14.5 Å². The Kier molecular flexibility index (Phi) is 6.32. The Morgan fingerprint density at radius 2 is 2.38 bits per heavy atom. The number of ether oxygens (including phenoxy) is 1. The van der Waals surface area contributed by atoms with Crippen molar-refractivity contribution in [2.75, 3.05) is 20.2 Å². The number of methoxy groups -OCH3 is 1. The number of carbonyl (C=O) groups is 1. The SMILES string of the molecule is COC(=O)c1ncnn1C1CCNC1.Cl.Cl. The average molecular weight is 269 g/mol. The normalized spacial score (nSPS) is 18.4. The van der Waals surface area contributed by atoms with Crippen LogP contribution in [0.5, 0.6) is 0 Å². The first-order chi connectivity index (χ1) is 6.83. The molecule has 1 saturated heterocycles. The predicted octanol–water partition coefficient (Wildman–Crippen LogP) is 0.443. The van der Waals surface area contributed by atoms with E-state index < -0.39 is 5.97 Å². The lowest BCUT2D eigenvalue weighted by Gasteiger charge is -2.10. The third-order valence-electron chi connectivity index (χ3n) is 2.32. The lowest BCUT2D eigenvalue weighted by Crippen LogP contribution is -2.20. The van der Waals surface area contributed by atoms with Gasteiger partial charge in [-0.2, -0.15) is 5.10 Å². The quantitative estimate of drug-likeness (QED) is 0.789. The highest BCUT2D eigenvalue weighted by atomic mass is 35.5. The maximum atomic E-state index is 11.3. The van der Waals surface area contributed by atoms with E-state index in [4.69, 9.17) is 0 Å². The summed E-state index contributed by atoms with van der Waals surface area (Å²) in [5.41, 5.74) is 0. The van der Waals surface area contributed by atoms with Gasteiger partial charge in [0.05, 0.1) is 13.2 Å². The average Bonchev–Trinajstić information content (AvgIpc) is 2.85. The van der Waals surface area contributed by atoms with Crippen molar-refractivity contribution in [2.24, 2.45) is 0 Å². The maximum Gasteiger partial charge on any atom is 0.375 e. The molecule has 1 unspecified atom stereocenters. The fraction of sp³-hybridized carbons (Fsp3) is 0.625. The minimum atomic E-state index is -0.436. The molecule has 0 aromatic carbocycles. The zero-order chi connectivity index (χ0) is 9.97. The summed E-state index contributed by atoms with van der Waals surface area (Å²) < 4.78 is 6.24. The molecule has 92 valence electrons. The van der Waals surface area contributed by atoms with E-state index in [0.29, 0.717) is 0 Å². The van der Waals surface area contributed by atoms with Gasteiger partial charge in [-0.05, 0) is 13.0 Å². The van der Waals surface area contributed by atoms with E-state index in [2.05, 4.69) is 20.1 Å². The first-order valence-corrected chi connectivity index (χ1v) is 4.51. The number of halogens is 2. The molecule has 0 aliphatic carbocycles. The van der Waals surface area contributed by atoms with Crippen LogP contribution in [0, 0.1) is 0 Å². The fourth-order valence-corrected chi connectivity index (χ4v) is 1.60. The summed E-state index contributed by atoms with van der Waals surface area (Å²) in [6.45, 7) is 1.78. The van der Waals surface area contributed by atoms with Crippen LogP contribution in [-0.2, 0) is 4.74 Å². The molecule has 0 saturated carbocycles. The molecule has 1 fully saturated rings. The molecule has 0 bridgehead atoms. The Hall–Kier alpha value is -0.850. The Labute approximate surface area is 106 Å². The van der Waals surface area contributed by atoms with E-state index in [-0.39, 0.29) is 36.7 Å². The third kappa shape index (κ3) is 2.84. The molecule has 1 aromatic heterocycles.